The Morgan fingerprint density at radius 2 is 1.73 bits per heavy atom. The van der Waals surface area contributed by atoms with Gasteiger partial charge >= 0.3 is 0 Å². The third kappa shape index (κ3) is 4.89. The number of H-pyrrole nitrogens is 1. The molecule has 0 atom stereocenters. The molecule has 0 aliphatic carbocycles. The number of para-hydroxylation sites is 3. The summed E-state index contributed by atoms with van der Waals surface area (Å²) in [4.78, 5) is 34.1. The van der Waals surface area contributed by atoms with E-state index in [4.69, 9.17) is 14.4 Å². The highest BCUT2D eigenvalue weighted by atomic mass is 19.1. The van der Waals surface area contributed by atoms with Crippen LogP contribution in [0.5, 0.6) is 0 Å². The first kappa shape index (κ1) is 24.6. The van der Waals surface area contributed by atoms with Crippen molar-refractivity contribution in [1.29, 1.82) is 0 Å². The molecule has 41 heavy (non-hydrogen) atoms. The van der Waals surface area contributed by atoms with Gasteiger partial charge in [0.15, 0.2) is 0 Å². The van der Waals surface area contributed by atoms with Crippen LogP contribution in [-0.2, 0) is 19.4 Å². The molecule has 9 heteroatoms. The highest BCUT2D eigenvalue weighted by molar-refractivity contribution is 5.96. The van der Waals surface area contributed by atoms with Crippen LogP contribution in [0.2, 0.25) is 0 Å². The molecule has 0 aliphatic rings. The van der Waals surface area contributed by atoms with Crippen LogP contribution in [-0.4, -0.2) is 30.8 Å². The number of halogens is 1. The number of nitrogens with one attached hydrogen (secondary N) is 2. The van der Waals surface area contributed by atoms with Gasteiger partial charge in [-0.3, -0.25) is 9.78 Å². The van der Waals surface area contributed by atoms with E-state index >= 15 is 0 Å². The Labute approximate surface area is 233 Å². The molecule has 2 N–H and O–H groups in total. The molecule has 4 heterocycles. The minimum absolute atomic E-state index is 0.0201. The van der Waals surface area contributed by atoms with Crippen molar-refractivity contribution in [3.05, 3.63) is 120 Å². The minimum atomic E-state index is -0.510. The Balaban J connectivity index is 1.21. The molecule has 0 spiro atoms. The number of imidazole rings is 1. The predicted molar refractivity (Wildman–Crippen MR) is 154 cm³/mol. The van der Waals surface area contributed by atoms with Gasteiger partial charge in [0.1, 0.15) is 11.6 Å². The lowest BCUT2D eigenvalue weighted by molar-refractivity contribution is 0.0923. The molecule has 4 aromatic heterocycles. The number of pyridine rings is 2. The fraction of sp³-hybridized carbons (Fsp3) is 0.0938. The number of fused-ring (bicyclic) bond motifs is 3. The van der Waals surface area contributed by atoms with Crippen LogP contribution in [0, 0.1) is 5.82 Å². The fourth-order valence-electron chi connectivity index (χ4n) is 4.97. The van der Waals surface area contributed by atoms with Crippen LogP contribution >= 0.6 is 0 Å². The lowest BCUT2D eigenvalue weighted by Crippen LogP contribution is -2.23. The van der Waals surface area contributed by atoms with Gasteiger partial charge in [0.2, 0.25) is 11.7 Å². The summed E-state index contributed by atoms with van der Waals surface area (Å²) in [6.07, 6.45) is 4.24. The maximum Gasteiger partial charge on any atom is 0.289 e. The molecule has 0 aliphatic heterocycles. The summed E-state index contributed by atoms with van der Waals surface area (Å²) in [5, 5.41) is 4.72. The molecule has 1 amide bonds. The van der Waals surface area contributed by atoms with Crippen molar-refractivity contribution in [3.8, 4) is 11.5 Å². The summed E-state index contributed by atoms with van der Waals surface area (Å²) < 4.78 is 19.8. The zero-order valence-corrected chi connectivity index (χ0v) is 21.8. The predicted octanol–water partition coefficient (Wildman–Crippen LogP) is 6.17. The van der Waals surface area contributed by atoms with Crippen molar-refractivity contribution in [2.45, 2.75) is 19.4 Å². The number of aromatic amines is 1. The zero-order chi connectivity index (χ0) is 27.8. The van der Waals surface area contributed by atoms with Gasteiger partial charge < -0.3 is 14.7 Å². The van der Waals surface area contributed by atoms with Crippen LogP contribution in [0.4, 0.5) is 4.39 Å². The summed E-state index contributed by atoms with van der Waals surface area (Å²) in [5.41, 5.74) is 5.53. The van der Waals surface area contributed by atoms with Gasteiger partial charge in [-0.25, -0.2) is 19.3 Å². The van der Waals surface area contributed by atoms with Gasteiger partial charge in [0.05, 0.1) is 40.5 Å². The second-order valence-corrected chi connectivity index (χ2v) is 9.73. The van der Waals surface area contributed by atoms with E-state index in [9.17, 15) is 9.18 Å². The molecule has 0 fully saturated rings. The Kier molecular flexibility index (Phi) is 6.16. The van der Waals surface area contributed by atoms with Gasteiger partial charge in [0, 0.05) is 29.0 Å². The van der Waals surface area contributed by atoms with E-state index in [-0.39, 0.29) is 18.0 Å². The topological polar surface area (TPSA) is 110 Å². The molecule has 0 radical (unpaired) electrons. The molecule has 8 nitrogen and oxygen atoms in total. The van der Waals surface area contributed by atoms with E-state index in [2.05, 4.69) is 32.4 Å². The van der Waals surface area contributed by atoms with E-state index in [1.165, 1.54) is 24.5 Å². The van der Waals surface area contributed by atoms with Gasteiger partial charge in [-0.05, 0) is 60.5 Å². The summed E-state index contributed by atoms with van der Waals surface area (Å²) in [5.74, 6) is 0.215. The minimum Gasteiger partial charge on any atom is -0.431 e. The van der Waals surface area contributed by atoms with Gasteiger partial charge in [-0.15, -0.1) is 0 Å². The van der Waals surface area contributed by atoms with Gasteiger partial charge in [0.25, 0.3) is 5.91 Å². The maximum absolute atomic E-state index is 13.9. The van der Waals surface area contributed by atoms with Gasteiger partial charge in [-0.1, -0.05) is 30.3 Å². The maximum atomic E-state index is 13.9. The number of aryl methyl sites for hydroxylation is 2. The summed E-state index contributed by atoms with van der Waals surface area (Å²) in [7, 11) is 0. The van der Waals surface area contributed by atoms with E-state index in [0.717, 1.165) is 44.2 Å². The molecule has 200 valence electrons. The number of rotatable bonds is 7. The standard InChI is InChI=1S/C32H23FN6O2/c33-23-7-5-13-34-28(23)17-35-31(40)29-18-36-32(41-29)21-14-19(11-12-30-38-25-9-3-4-10-26(25)39-30)22-15-20-6-1-2-8-24(20)37-27(22)16-21/h1-10,13-16,18H,11-12,17H2,(H,35,40)(H,38,39). The van der Waals surface area contributed by atoms with Crippen LogP contribution in [0.25, 0.3) is 44.3 Å². The lowest BCUT2D eigenvalue weighted by Gasteiger charge is -2.10. The molecule has 0 saturated carbocycles. The number of nitrogens with zero attached hydrogens (tertiary/aromatic N) is 4. The molecule has 7 rings (SSSR count). The fourth-order valence-corrected chi connectivity index (χ4v) is 4.97. The van der Waals surface area contributed by atoms with Crippen LogP contribution in [0.3, 0.4) is 0 Å². The normalized spacial score (nSPS) is 11.4. The monoisotopic (exact) mass is 542 g/mol. The lowest BCUT2D eigenvalue weighted by atomic mass is 9.98. The van der Waals surface area contributed by atoms with E-state index in [0.29, 0.717) is 24.3 Å². The first-order valence-corrected chi connectivity index (χ1v) is 13.2. The molecule has 7 aromatic rings. The second kappa shape index (κ2) is 10.3. The van der Waals surface area contributed by atoms with E-state index in [1.807, 2.05) is 54.6 Å². The van der Waals surface area contributed by atoms with Gasteiger partial charge in [-0.2, -0.15) is 0 Å². The third-order valence-electron chi connectivity index (χ3n) is 7.02. The van der Waals surface area contributed by atoms with E-state index in [1.54, 1.807) is 0 Å². The Bertz CT molecular complexity index is 2030. The van der Waals surface area contributed by atoms with Crippen LogP contribution in [0.15, 0.2) is 95.7 Å². The molecule has 0 unspecified atom stereocenters. The number of benzene rings is 3. The van der Waals surface area contributed by atoms with Crippen molar-refractivity contribution in [1.82, 2.24) is 30.2 Å². The van der Waals surface area contributed by atoms with Crippen molar-refractivity contribution in [2.75, 3.05) is 0 Å². The third-order valence-corrected chi connectivity index (χ3v) is 7.02. The largest absolute Gasteiger partial charge is 0.431 e. The highest BCUT2D eigenvalue weighted by Crippen LogP contribution is 2.30. The molecular formula is C32H23FN6O2. The molecular weight excluding hydrogens is 519 g/mol. The Morgan fingerprint density at radius 3 is 2.61 bits per heavy atom. The number of hydrogen-bond donors (Lipinski definition) is 2. The summed E-state index contributed by atoms with van der Waals surface area (Å²) >= 11 is 0. The number of aromatic nitrogens is 5. The number of carbonyl (C=O) groups is 1. The first-order chi connectivity index (χ1) is 20.1. The van der Waals surface area contributed by atoms with Crippen molar-refractivity contribution in [3.63, 3.8) is 0 Å². The summed E-state index contributed by atoms with van der Waals surface area (Å²) in [6.45, 7) is -0.0690. The van der Waals surface area contributed by atoms with Crippen LogP contribution in [0.1, 0.15) is 27.6 Å². The second-order valence-electron chi connectivity index (χ2n) is 9.73. The number of hydrogen-bond acceptors (Lipinski definition) is 6. The first-order valence-electron chi connectivity index (χ1n) is 13.2. The molecule has 3 aromatic carbocycles. The molecule has 0 saturated heterocycles. The quantitative estimate of drug-likeness (QED) is 0.233. The van der Waals surface area contributed by atoms with Crippen molar-refractivity contribution in [2.24, 2.45) is 0 Å². The smallest absolute Gasteiger partial charge is 0.289 e. The van der Waals surface area contributed by atoms with Crippen LogP contribution < -0.4 is 5.32 Å². The van der Waals surface area contributed by atoms with Crippen molar-refractivity contribution < 1.29 is 13.6 Å². The average molecular weight is 543 g/mol. The SMILES string of the molecule is O=C(NCc1ncccc1F)c1cnc(-c2cc(CCc3nc4ccccc4[nH]3)c3cc4ccccc4nc3c2)o1. The number of carbonyl (C=O) groups excluding carboxylic acids is 1. The van der Waals surface area contributed by atoms with Crippen molar-refractivity contribution >= 4 is 38.7 Å². The number of oxazole rings is 1. The highest BCUT2D eigenvalue weighted by Gasteiger charge is 2.17. The zero-order valence-electron chi connectivity index (χ0n) is 21.8. The number of amides is 1. The Morgan fingerprint density at radius 1 is 0.878 bits per heavy atom. The Hall–Kier alpha value is -5.44. The average Bonchev–Trinajstić information content (AvgIpc) is 3.66. The summed E-state index contributed by atoms with van der Waals surface area (Å²) in [6, 6.07) is 24.8. The molecule has 0 bridgehead atoms. The van der Waals surface area contributed by atoms with E-state index < -0.39 is 11.7 Å².